The minimum atomic E-state index is -0.446. The normalized spacial score (nSPS) is 28.6. The number of hydrogen-bond donors (Lipinski definition) is 1. The second-order valence-corrected chi connectivity index (χ2v) is 4.97. The van der Waals surface area contributed by atoms with E-state index in [0.717, 1.165) is 38.8 Å². The zero-order valence-electron chi connectivity index (χ0n) is 11.6. The predicted molar refractivity (Wildman–Crippen MR) is 69.0 cm³/mol. The molecule has 0 amide bonds. The van der Waals surface area contributed by atoms with Crippen LogP contribution in [0.5, 0.6) is 0 Å². The molecule has 0 spiro atoms. The lowest BCUT2D eigenvalue weighted by Crippen LogP contribution is -2.52. The number of rotatable bonds is 6. The highest BCUT2D eigenvalue weighted by Crippen LogP contribution is 2.33. The van der Waals surface area contributed by atoms with Crippen LogP contribution in [0.4, 0.5) is 0 Å². The Balaban J connectivity index is 2.70. The summed E-state index contributed by atoms with van der Waals surface area (Å²) in [6, 6.07) is 0.489. The van der Waals surface area contributed by atoms with Crippen molar-refractivity contribution in [3.05, 3.63) is 0 Å². The van der Waals surface area contributed by atoms with Gasteiger partial charge in [-0.2, -0.15) is 0 Å². The minimum absolute atomic E-state index is 0.0991. The van der Waals surface area contributed by atoms with Gasteiger partial charge in [-0.25, -0.2) is 0 Å². The summed E-state index contributed by atoms with van der Waals surface area (Å²) in [4.78, 5) is 14.3. The van der Waals surface area contributed by atoms with Gasteiger partial charge in [0.25, 0.3) is 0 Å². The molecular formula is C13H26N2O2. The SMILES string of the molecule is CCCNC1(C(=O)OC)CCC(N(C)CC)C1. The summed E-state index contributed by atoms with van der Waals surface area (Å²) in [7, 11) is 3.60. The summed E-state index contributed by atoms with van der Waals surface area (Å²) in [5.41, 5.74) is -0.446. The van der Waals surface area contributed by atoms with Gasteiger partial charge in [-0.15, -0.1) is 0 Å². The Labute approximate surface area is 105 Å². The van der Waals surface area contributed by atoms with Gasteiger partial charge in [0.05, 0.1) is 7.11 Å². The monoisotopic (exact) mass is 242 g/mol. The Hall–Kier alpha value is -0.610. The summed E-state index contributed by atoms with van der Waals surface area (Å²) < 4.78 is 4.98. The highest BCUT2D eigenvalue weighted by molar-refractivity contribution is 5.81. The smallest absolute Gasteiger partial charge is 0.326 e. The largest absolute Gasteiger partial charge is 0.468 e. The average Bonchev–Trinajstić information content (AvgIpc) is 2.80. The molecule has 1 aliphatic rings. The fourth-order valence-electron chi connectivity index (χ4n) is 2.63. The van der Waals surface area contributed by atoms with Crippen molar-refractivity contribution in [2.24, 2.45) is 0 Å². The second-order valence-electron chi connectivity index (χ2n) is 4.97. The van der Waals surface area contributed by atoms with Gasteiger partial charge in [0.15, 0.2) is 0 Å². The molecule has 4 nitrogen and oxygen atoms in total. The molecule has 0 heterocycles. The van der Waals surface area contributed by atoms with E-state index in [4.69, 9.17) is 4.74 Å². The van der Waals surface area contributed by atoms with Gasteiger partial charge >= 0.3 is 5.97 Å². The van der Waals surface area contributed by atoms with Crippen LogP contribution < -0.4 is 5.32 Å². The maximum Gasteiger partial charge on any atom is 0.326 e. The zero-order chi connectivity index (χ0) is 12.9. The number of ether oxygens (including phenoxy) is 1. The third-order valence-electron chi connectivity index (χ3n) is 3.90. The van der Waals surface area contributed by atoms with Crippen LogP contribution in [-0.4, -0.2) is 49.7 Å². The zero-order valence-corrected chi connectivity index (χ0v) is 11.6. The van der Waals surface area contributed by atoms with Crippen molar-refractivity contribution in [2.75, 3.05) is 27.2 Å². The Morgan fingerprint density at radius 3 is 2.76 bits per heavy atom. The van der Waals surface area contributed by atoms with Crippen molar-refractivity contribution in [1.29, 1.82) is 0 Å². The first kappa shape index (κ1) is 14.5. The fraction of sp³-hybridized carbons (Fsp3) is 0.923. The highest BCUT2D eigenvalue weighted by Gasteiger charge is 2.46. The molecule has 0 aromatic rings. The lowest BCUT2D eigenvalue weighted by atomic mass is 9.97. The van der Waals surface area contributed by atoms with E-state index in [9.17, 15) is 4.79 Å². The molecule has 1 saturated carbocycles. The lowest BCUT2D eigenvalue weighted by molar-refractivity contribution is -0.148. The molecule has 1 N–H and O–H groups in total. The first-order valence-corrected chi connectivity index (χ1v) is 6.63. The van der Waals surface area contributed by atoms with Crippen LogP contribution in [0.2, 0.25) is 0 Å². The molecule has 0 aromatic heterocycles. The molecule has 0 bridgehead atoms. The van der Waals surface area contributed by atoms with E-state index in [-0.39, 0.29) is 5.97 Å². The van der Waals surface area contributed by atoms with E-state index < -0.39 is 5.54 Å². The predicted octanol–water partition coefficient (Wildman–Crippen LogP) is 1.40. The van der Waals surface area contributed by atoms with Gasteiger partial charge in [-0.05, 0) is 45.8 Å². The van der Waals surface area contributed by atoms with E-state index in [1.807, 2.05) is 0 Å². The molecule has 0 radical (unpaired) electrons. The Bertz CT molecular complexity index is 258. The number of carbonyl (C=O) groups excluding carboxylic acids is 1. The highest BCUT2D eigenvalue weighted by atomic mass is 16.5. The van der Waals surface area contributed by atoms with Crippen LogP contribution in [0.1, 0.15) is 39.5 Å². The molecule has 17 heavy (non-hydrogen) atoms. The van der Waals surface area contributed by atoms with Crippen molar-refractivity contribution in [3.8, 4) is 0 Å². The number of esters is 1. The number of carbonyl (C=O) groups is 1. The minimum Gasteiger partial charge on any atom is -0.468 e. The summed E-state index contributed by atoms with van der Waals surface area (Å²) in [6.45, 7) is 6.16. The van der Waals surface area contributed by atoms with Crippen LogP contribution >= 0.6 is 0 Å². The summed E-state index contributed by atoms with van der Waals surface area (Å²) >= 11 is 0. The summed E-state index contributed by atoms with van der Waals surface area (Å²) in [6.07, 6.45) is 3.85. The molecule has 100 valence electrons. The van der Waals surface area contributed by atoms with E-state index in [2.05, 4.69) is 31.1 Å². The Kier molecular flexibility index (Phi) is 5.40. The van der Waals surface area contributed by atoms with E-state index in [0.29, 0.717) is 6.04 Å². The maximum absolute atomic E-state index is 12.0. The van der Waals surface area contributed by atoms with Crippen molar-refractivity contribution in [2.45, 2.75) is 51.1 Å². The standard InChI is InChI=1S/C13H26N2O2/c1-5-9-14-13(12(16)17-4)8-7-11(10-13)15(3)6-2/h11,14H,5-10H2,1-4H3. The number of methoxy groups -OCH3 is 1. The Morgan fingerprint density at radius 1 is 1.53 bits per heavy atom. The van der Waals surface area contributed by atoms with Gasteiger partial charge < -0.3 is 15.0 Å². The van der Waals surface area contributed by atoms with Crippen LogP contribution in [0.3, 0.4) is 0 Å². The fourth-order valence-corrected chi connectivity index (χ4v) is 2.63. The van der Waals surface area contributed by atoms with E-state index in [1.54, 1.807) is 0 Å². The summed E-state index contributed by atoms with van der Waals surface area (Å²) in [5.74, 6) is -0.0991. The van der Waals surface area contributed by atoms with Gasteiger partial charge in [-0.3, -0.25) is 4.79 Å². The molecular weight excluding hydrogens is 216 g/mol. The molecule has 1 fully saturated rings. The molecule has 1 aliphatic carbocycles. The van der Waals surface area contributed by atoms with Gasteiger partial charge in [0, 0.05) is 6.04 Å². The third-order valence-corrected chi connectivity index (χ3v) is 3.90. The van der Waals surface area contributed by atoms with Gasteiger partial charge in [0.2, 0.25) is 0 Å². The van der Waals surface area contributed by atoms with Crippen molar-refractivity contribution in [3.63, 3.8) is 0 Å². The summed E-state index contributed by atoms with van der Waals surface area (Å²) in [5, 5.41) is 3.40. The third kappa shape index (κ3) is 3.19. The van der Waals surface area contributed by atoms with Crippen molar-refractivity contribution in [1.82, 2.24) is 10.2 Å². The number of hydrogen-bond acceptors (Lipinski definition) is 4. The lowest BCUT2D eigenvalue weighted by Gasteiger charge is -2.29. The van der Waals surface area contributed by atoms with Crippen LogP contribution in [0.15, 0.2) is 0 Å². The number of nitrogens with one attached hydrogen (secondary N) is 1. The van der Waals surface area contributed by atoms with Crippen LogP contribution in [0, 0.1) is 0 Å². The second kappa shape index (κ2) is 6.36. The van der Waals surface area contributed by atoms with E-state index in [1.165, 1.54) is 7.11 Å². The van der Waals surface area contributed by atoms with Gasteiger partial charge in [0.1, 0.15) is 5.54 Å². The number of nitrogens with zero attached hydrogens (tertiary/aromatic N) is 1. The van der Waals surface area contributed by atoms with E-state index >= 15 is 0 Å². The molecule has 2 atom stereocenters. The molecule has 1 rings (SSSR count). The van der Waals surface area contributed by atoms with Crippen LogP contribution in [0.25, 0.3) is 0 Å². The average molecular weight is 242 g/mol. The first-order valence-electron chi connectivity index (χ1n) is 6.63. The molecule has 0 saturated heterocycles. The van der Waals surface area contributed by atoms with Crippen molar-refractivity contribution >= 4 is 5.97 Å². The topological polar surface area (TPSA) is 41.6 Å². The Morgan fingerprint density at radius 2 is 2.24 bits per heavy atom. The molecule has 0 aliphatic heterocycles. The molecule has 0 aromatic carbocycles. The molecule has 2 unspecified atom stereocenters. The quantitative estimate of drug-likeness (QED) is 0.715. The molecule has 4 heteroatoms. The van der Waals surface area contributed by atoms with Crippen LogP contribution in [-0.2, 0) is 9.53 Å². The first-order chi connectivity index (χ1) is 8.09. The van der Waals surface area contributed by atoms with Crippen molar-refractivity contribution < 1.29 is 9.53 Å². The van der Waals surface area contributed by atoms with Gasteiger partial charge in [-0.1, -0.05) is 13.8 Å². The maximum atomic E-state index is 12.0.